The molecule has 1 saturated heterocycles. The molecule has 0 unspecified atom stereocenters. The van der Waals surface area contributed by atoms with Crippen molar-refractivity contribution in [2.24, 2.45) is 0 Å². The van der Waals surface area contributed by atoms with Crippen LogP contribution in [-0.2, 0) is 4.74 Å². The number of carbonyl (C=O) groups is 1. The maximum Gasteiger partial charge on any atom is 0.358 e. The molecule has 1 N–H and O–H groups in total. The third-order valence-electron chi connectivity index (χ3n) is 2.74. The minimum Gasteiger partial charge on any atom is -0.464 e. The highest BCUT2D eigenvalue weighted by Gasteiger charge is 2.17. The van der Waals surface area contributed by atoms with Gasteiger partial charge in [0.1, 0.15) is 0 Å². The molecule has 1 fully saturated rings. The molecule has 1 aliphatic rings. The van der Waals surface area contributed by atoms with Gasteiger partial charge in [-0.3, -0.25) is 0 Å². The number of nitrogens with zero attached hydrogens (tertiary/aromatic N) is 3. The van der Waals surface area contributed by atoms with E-state index in [1.807, 2.05) is 0 Å². The van der Waals surface area contributed by atoms with E-state index in [2.05, 4.69) is 32.1 Å². The van der Waals surface area contributed by atoms with Crippen LogP contribution in [0.2, 0.25) is 0 Å². The second kappa shape index (κ2) is 5.09. The summed E-state index contributed by atoms with van der Waals surface area (Å²) in [7, 11) is 1.33. The van der Waals surface area contributed by atoms with E-state index >= 15 is 0 Å². The van der Waals surface area contributed by atoms with Crippen LogP contribution in [0, 0.1) is 0 Å². The Morgan fingerprint density at radius 3 is 2.94 bits per heavy atom. The number of esters is 1. The van der Waals surface area contributed by atoms with Crippen molar-refractivity contribution in [2.45, 2.75) is 13.0 Å². The van der Waals surface area contributed by atoms with Crippen LogP contribution in [0.1, 0.15) is 17.4 Å². The first-order valence-electron chi connectivity index (χ1n) is 5.61. The summed E-state index contributed by atoms with van der Waals surface area (Å²) in [6.45, 7) is 4.85. The monoisotopic (exact) mass is 236 g/mol. The van der Waals surface area contributed by atoms with Crippen molar-refractivity contribution in [1.29, 1.82) is 0 Å². The molecular formula is C11H16N4O2. The number of carbonyl (C=O) groups excluding carboxylic acids is 1. The average Bonchev–Trinajstić information content (AvgIpc) is 2.38. The number of methoxy groups -OCH3 is 1. The van der Waals surface area contributed by atoms with Gasteiger partial charge in [-0.05, 0) is 19.1 Å². The minimum absolute atomic E-state index is 0.236. The third-order valence-corrected chi connectivity index (χ3v) is 2.74. The molecule has 1 aromatic heterocycles. The van der Waals surface area contributed by atoms with Gasteiger partial charge in [-0.15, -0.1) is 10.2 Å². The van der Waals surface area contributed by atoms with Crippen LogP contribution in [0.5, 0.6) is 0 Å². The first-order chi connectivity index (χ1) is 8.20. The van der Waals surface area contributed by atoms with Crippen LogP contribution in [0.3, 0.4) is 0 Å². The molecule has 1 aromatic rings. The Kier molecular flexibility index (Phi) is 3.53. The van der Waals surface area contributed by atoms with E-state index in [1.54, 1.807) is 12.1 Å². The smallest absolute Gasteiger partial charge is 0.358 e. The van der Waals surface area contributed by atoms with Crippen molar-refractivity contribution in [1.82, 2.24) is 15.5 Å². The zero-order valence-corrected chi connectivity index (χ0v) is 10.0. The predicted octanol–water partition coefficient (Wildman–Crippen LogP) is 0.0613. The van der Waals surface area contributed by atoms with E-state index in [0.29, 0.717) is 6.04 Å². The van der Waals surface area contributed by atoms with E-state index < -0.39 is 5.97 Å². The van der Waals surface area contributed by atoms with Crippen molar-refractivity contribution >= 4 is 11.8 Å². The third kappa shape index (κ3) is 2.71. The van der Waals surface area contributed by atoms with Crippen molar-refractivity contribution in [3.8, 4) is 0 Å². The highest BCUT2D eigenvalue weighted by Crippen LogP contribution is 2.12. The standard InChI is InChI=1S/C11H16N4O2/c1-8-7-15(6-5-12-8)10-4-3-9(13-14-10)11(16)17-2/h3-4,8,12H,5-7H2,1-2H3/t8-/m1/s1. The number of aromatic nitrogens is 2. The van der Waals surface area contributed by atoms with Gasteiger partial charge in [0.2, 0.25) is 0 Å². The molecule has 0 bridgehead atoms. The van der Waals surface area contributed by atoms with Gasteiger partial charge >= 0.3 is 5.97 Å². The van der Waals surface area contributed by atoms with Gasteiger partial charge in [-0.25, -0.2) is 4.79 Å². The summed E-state index contributed by atoms with van der Waals surface area (Å²) < 4.78 is 4.57. The molecule has 0 aliphatic carbocycles. The van der Waals surface area contributed by atoms with Gasteiger partial charge < -0.3 is 15.0 Å². The largest absolute Gasteiger partial charge is 0.464 e. The highest BCUT2D eigenvalue weighted by molar-refractivity contribution is 5.86. The fraction of sp³-hybridized carbons (Fsp3) is 0.545. The number of piperazine rings is 1. The van der Waals surface area contributed by atoms with Crippen LogP contribution in [0.4, 0.5) is 5.82 Å². The Bertz CT molecular complexity index is 393. The van der Waals surface area contributed by atoms with Gasteiger partial charge in [0.05, 0.1) is 7.11 Å². The number of hydrogen-bond acceptors (Lipinski definition) is 6. The predicted molar refractivity (Wildman–Crippen MR) is 63.0 cm³/mol. The number of ether oxygens (including phenoxy) is 1. The molecule has 2 heterocycles. The number of rotatable bonds is 2. The SMILES string of the molecule is COC(=O)c1ccc(N2CCN[C@H](C)C2)nn1. The van der Waals surface area contributed by atoms with Crippen LogP contribution >= 0.6 is 0 Å². The van der Waals surface area contributed by atoms with Gasteiger partial charge in [-0.1, -0.05) is 0 Å². The quantitative estimate of drug-likeness (QED) is 0.732. The van der Waals surface area contributed by atoms with Gasteiger partial charge in [0.15, 0.2) is 11.5 Å². The van der Waals surface area contributed by atoms with E-state index in [1.165, 1.54) is 7.11 Å². The first kappa shape index (κ1) is 11.8. The van der Waals surface area contributed by atoms with Crippen molar-refractivity contribution in [3.05, 3.63) is 17.8 Å². The molecule has 6 heteroatoms. The summed E-state index contributed by atoms with van der Waals surface area (Å²) in [5.74, 6) is 0.337. The molecule has 6 nitrogen and oxygen atoms in total. The lowest BCUT2D eigenvalue weighted by molar-refractivity contribution is 0.0592. The summed E-state index contributed by atoms with van der Waals surface area (Å²) in [4.78, 5) is 13.4. The number of nitrogens with one attached hydrogen (secondary N) is 1. The van der Waals surface area contributed by atoms with Crippen LogP contribution in [0.25, 0.3) is 0 Å². The van der Waals surface area contributed by atoms with Crippen LogP contribution in [-0.4, -0.2) is 49.0 Å². The minimum atomic E-state index is -0.460. The lowest BCUT2D eigenvalue weighted by Gasteiger charge is -2.32. The van der Waals surface area contributed by atoms with Gasteiger partial charge in [-0.2, -0.15) is 0 Å². The molecule has 17 heavy (non-hydrogen) atoms. The summed E-state index contributed by atoms with van der Waals surface area (Å²) in [5.41, 5.74) is 0.236. The fourth-order valence-electron chi connectivity index (χ4n) is 1.85. The lowest BCUT2D eigenvalue weighted by Crippen LogP contribution is -2.49. The molecule has 0 saturated carbocycles. The van der Waals surface area contributed by atoms with E-state index in [9.17, 15) is 4.79 Å². The zero-order chi connectivity index (χ0) is 12.3. The Balaban J connectivity index is 2.09. The molecule has 92 valence electrons. The topological polar surface area (TPSA) is 67.3 Å². The van der Waals surface area contributed by atoms with Crippen molar-refractivity contribution in [3.63, 3.8) is 0 Å². The van der Waals surface area contributed by atoms with E-state index in [0.717, 1.165) is 25.5 Å². The van der Waals surface area contributed by atoms with Crippen molar-refractivity contribution in [2.75, 3.05) is 31.6 Å². The molecule has 0 amide bonds. The second-order valence-corrected chi connectivity index (χ2v) is 4.07. The zero-order valence-electron chi connectivity index (χ0n) is 10.0. The van der Waals surface area contributed by atoms with Gasteiger partial charge in [0, 0.05) is 25.7 Å². The lowest BCUT2D eigenvalue weighted by atomic mass is 10.2. The summed E-state index contributed by atoms with van der Waals surface area (Å²) in [5, 5.41) is 11.3. The average molecular weight is 236 g/mol. The Labute approximate surface area is 100.0 Å². The second-order valence-electron chi connectivity index (χ2n) is 4.07. The molecule has 1 atom stereocenters. The Hall–Kier alpha value is -1.69. The van der Waals surface area contributed by atoms with Crippen molar-refractivity contribution < 1.29 is 9.53 Å². The molecule has 1 aliphatic heterocycles. The Morgan fingerprint density at radius 1 is 1.53 bits per heavy atom. The molecule has 0 radical (unpaired) electrons. The maximum atomic E-state index is 11.2. The van der Waals surface area contributed by atoms with Crippen LogP contribution in [0.15, 0.2) is 12.1 Å². The highest BCUT2D eigenvalue weighted by atomic mass is 16.5. The molecule has 0 aromatic carbocycles. The molecule has 2 rings (SSSR count). The van der Waals surface area contributed by atoms with Crippen LogP contribution < -0.4 is 10.2 Å². The maximum absolute atomic E-state index is 11.2. The summed E-state index contributed by atoms with van der Waals surface area (Å²) >= 11 is 0. The van der Waals surface area contributed by atoms with E-state index in [-0.39, 0.29) is 5.69 Å². The molecular weight excluding hydrogens is 220 g/mol. The summed E-state index contributed by atoms with van der Waals surface area (Å²) in [6, 6.07) is 3.88. The fourth-order valence-corrected chi connectivity index (χ4v) is 1.85. The number of anilines is 1. The molecule has 0 spiro atoms. The summed E-state index contributed by atoms with van der Waals surface area (Å²) in [6.07, 6.45) is 0. The Morgan fingerprint density at radius 2 is 2.35 bits per heavy atom. The first-order valence-corrected chi connectivity index (χ1v) is 5.61. The van der Waals surface area contributed by atoms with E-state index in [4.69, 9.17) is 0 Å². The number of hydrogen-bond donors (Lipinski definition) is 1. The van der Waals surface area contributed by atoms with Gasteiger partial charge in [0.25, 0.3) is 0 Å². The normalized spacial score (nSPS) is 20.1.